The van der Waals surface area contributed by atoms with Gasteiger partial charge < -0.3 is 25.0 Å². The molecule has 0 spiro atoms. The molecule has 1 aromatic heterocycles. The number of hydrogen-bond acceptors (Lipinski definition) is 4. The summed E-state index contributed by atoms with van der Waals surface area (Å²) in [5, 5.41) is 21.0. The van der Waals surface area contributed by atoms with E-state index in [1.54, 1.807) is 16.4 Å². The first-order valence-corrected chi connectivity index (χ1v) is 6.93. The molecule has 0 saturated carbocycles. The number of imidazole rings is 1. The van der Waals surface area contributed by atoms with Gasteiger partial charge in [-0.2, -0.15) is 0 Å². The summed E-state index contributed by atoms with van der Waals surface area (Å²) < 4.78 is 1.62. The Labute approximate surface area is 122 Å². The summed E-state index contributed by atoms with van der Waals surface area (Å²) in [4.78, 5) is 28.0. The van der Waals surface area contributed by atoms with Gasteiger partial charge in [-0.05, 0) is 13.3 Å². The van der Waals surface area contributed by atoms with Crippen molar-refractivity contribution in [3.8, 4) is 0 Å². The second-order valence-electron chi connectivity index (χ2n) is 5.27. The SMILES string of the molecule is CC(O)C1CCN(C(=O)NCCn2cnc(C(=O)O)c2)C1. The van der Waals surface area contributed by atoms with Crippen LogP contribution >= 0.6 is 0 Å². The first-order chi connectivity index (χ1) is 9.97. The smallest absolute Gasteiger partial charge is 0.356 e. The third-order valence-electron chi connectivity index (χ3n) is 3.69. The second-order valence-corrected chi connectivity index (χ2v) is 5.27. The van der Waals surface area contributed by atoms with Crippen LogP contribution in [0.4, 0.5) is 4.79 Å². The highest BCUT2D eigenvalue weighted by Gasteiger charge is 2.28. The van der Waals surface area contributed by atoms with Gasteiger partial charge in [-0.3, -0.25) is 0 Å². The molecule has 1 fully saturated rings. The lowest BCUT2D eigenvalue weighted by molar-refractivity contribution is 0.0691. The van der Waals surface area contributed by atoms with Crippen molar-refractivity contribution in [2.24, 2.45) is 5.92 Å². The van der Waals surface area contributed by atoms with Crippen LogP contribution in [0.3, 0.4) is 0 Å². The summed E-state index contributed by atoms with van der Waals surface area (Å²) in [6, 6.07) is -0.156. The number of aliphatic hydroxyl groups is 1. The number of carbonyl (C=O) groups is 2. The van der Waals surface area contributed by atoms with E-state index < -0.39 is 12.1 Å². The fourth-order valence-electron chi connectivity index (χ4n) is 2.36. The molecule has 2 atom stereocenters. The van der Waals surface area contributed by atoms with Crippen molar-refractivity contribution in [1.82, 2.24) is 19.8 Å². The summed E-state index contributed by atoms with van der Waals surface area (Å²) in [7, 11) is 0. The van der Waals surface area contributed by atoms with Gasteiger partial charge in [0.2, 0.25) is 0 Å². The zero-order valence-corrected chi connectivity index (χ0v) is 11.9. The second kappa shape index (κ2) is 6.57. The van der Waals surface area contributed by atoms with Crippen LogP contribution in [0.15, 0.2) is 12.5 Å². The highest BCUT2D eigenvalue weighted by molar-refractivity contribution is 5.84. The number of carboxylic acids is 1. The molecular formula is C13H20N4O4. The number of nitrogens with one attached hydrogen (secondary N) is 1. The lowest BCUT2D eigenvalue weighted by atomic mass is 10.0. The average molecular weight is 296 g/mol. The highest BCUT2D eigenvalue weighted by atomic mass is 16.4. The van der Waals surface area contributed by atoms with Crippen LogP contribution in [-0.4, -0.2) is 62.4 Å². The van der Waals surface area contributed by atoms with E-state index in [0.717, 1.165) is 6.42 Å². The molecule has 1 aliphatic rings. The molecule has 2 amide bonds. The van der Waals surface area contributed by atoms with Crippen molar-refractivity contribution in [1.29, 1.82) is 0 Å². The van der Waals surface area contributed by atoms with Gasteiger partial charge in [-0.25, -0.2) is 14.6 Å². The number of hydrogen-bond donors (Lipinski definition) is 3. The Morgan fingerprint density at radius 3 is 2.90 bits per heavy atom. The number of urea groups is 1. The molecule has 1 saturated heterocycles. The Morgan fingerprint density at radius 2 is 2.33 bits per heavy atom. The maximum Gasteiger partial charge on any atom is 0.356 e. The Balaban J connectivity index is 1.73. The van der Waals surface area contributed by atoms with E-state index in [4.69, 9.17) is 5.11 Å². The average Bonchev–Trinajstić information content (AvgIpc) is 3.07. The first kappa shape index (κ1) is 15.3. The molecule has 0 radical (unpaired) electrons. The monoisotopic (exact) mass is 296 g/mol. The van der Waals surface area contributed by atoms with E-state index >= 15 is 0 Å². The van der Waals surface area contributed by atoms with E-state index in [0.29, 0.717) is 26.2 Å². The molecule has 116 valence electrons. The number of likely N-dealkylation sites (tertiary alicyclic amines) is 1. The fraction of sp³-hybridized carbons (Fsp3) is 0.615. The summed E-state index contributed by atoms with van der Waals surface area (Å²) in [5.74, 6) is -0.929. The van der Waals surface area contributed by atoms with Crippen LogP contribution < -0.4 is 5.32 Å². The van der Waals surface area contributed by atoms with Crippen molar-refractivity contribution >= 4 is 12.0 Å². The van der Waals surface area contributed by atoms with Gasteiger partial charge in [-0.1, -0.05) is 0 Å². The molecule has 2 rings (SSSR count). The van der Waals surface area contributed by atoms with E-state index in [1.807, 2.05) is 0 Å². The lowest BCUT2D eigenvalue weighted by Crippen LogP contribution is -2.40. The number of aromatic nitrogens is 2. The molecule has 0 aromatic carbocycles. The number of amides is 2. The van der Waals surface area contributed by atoms with Crippen LogP contribution in [-0.2, 0) is 6.54 Å². The number of carbonyl (C=O) groups excluding carboxylic acids is 1. The van der Waals surface area contributed by atoms with E-state index in [2.05, 4.69) is 10.3 Å². The van der Waals surface area contributed by atoms with Crippen molar-refractivity contribution in [2.75, 3.05) is 19.6 Å². The Kier molecular flexibility index (Phi) is 4.79. The minimum atomic E-state index is -1.07. The largest absolute Gasteiger partial charge is 0.476 e. The van der Waals surface area contributed by atoms with Gasteiger partial charge in [-0.15, -0.1) is 0 Å². The molecule has 8 heteroatoms. The van der Waals surface area contributed by atoms with Crippen molar-refractivity contribution in [2.45, 2.75) is 26.0 Å². The molecule has 0 aliphatic carbocycles. The van der Waals surface area contributed by atoms with Gasteiger partial charge in [0.05, 0.1) is 12.4 Å². The Hall–Kier alpha value is -2.09. The normalized spacial score (nSPS) is 19.5. The van der Waals surface area contributed by atoms with Crippen LogP contribution in [0.25, 0.3) is 0 Å². The zero-order valence-electron chi connectivity index (χ0n) is 11.9. The molecule has 0 bridgehead atoms. The molecule has 1 aliphatic heterocycles. The van der Waals surface area contributed by atoms with Crippen LogP contribution in [0.1, 0.15) is 23.8 Å². The molecule has 2 unspecified atom stereocenters. The fourth-order valence-corrected chi connectivity index (χ4v) is 2.36. The zero-order chi connectivity index (χ0) is 15.4. The number of nitrogens with zero attached hydrogens (tertiary/aromatic N) is 3. The minimum absolute atomic E-state index is 0.0133. The Morgan fingerprint density at radius 1 is 1.57 bits per heavy atom. The summed E-state index contributed by atoms with van der Waals surface area (Å²) in [6.07, 6.45) is 3.26. The molecule has 8 nitrogen and oxygen atoms in total. The molecule has 1 aromatic rings. The maximum atomic E-state index is 11.9. The van der Waals surface area contributed by atoms with Crippen molar-refractivity contribution in [3.05, 3.63) is 18.2 Å². The number of aliphatic hydroxyl groups excluding tert-OH is 1. The molecular weight excluding hydrogens is 276 g/mol. The van der Waals surface area contributed by atoms with Crippen molar-refractivity contribution < 1.29 is 19.8 Å². The lowest BCUT2D eigenvalue weighted by Gasteiger charge is -2.18. The first-order valence-electron chi connectivity index (χ1n) is 6.93. The highest BCUT2D eigenvalue weighted by Crippen LogP contribution is 2.19. The maximum absolute atomic E-state index is 11.9. The van der Waals surface area contributed by atoms with E-state index in [9.17, 15) is 14.7 Å². The van der Waals surface area contributed by atoms with Crippen molar-refractivity contribution in [3.63, 3.8) is 0 Å². The Bertz CT molecular complexity index is 514. The topological polar surface area (TPSA) is 108 Å². The van der Waals surface area contributed by atoms with Gasteiger partial charge in [0.15, 0.2) is 5.69 Å². The predicted molar refractivity (Wildman–Crippen MR) is 73.9 cm³/mol. The quantitative estimate of drug-likeness (QED) is 0.708. The number of rotatable bonds is 5. The van der Waals surface area contributed by atoms with Crippen LogP contribution in [0.2, 0.25) is 0 Å². The molecule has 21 heavy (non-hydrogen) atoms. The van der Waals surface area contributed by atoms with E-state index in [1.165, 1.54) is 12.5 Å². The number of carboxylic acid groups (broad SMARTS) is 1. The number of aromatic carboxylic acids is 1. The van der Waals surface area contributed by atoms with E-state index in [-0.39, 0.29) is 17.6 Å². The third kappa shape index (κ3) is 3.94. The van der Waals surface area contributed by atoms with Gasteiger partial charge in [0.25, 0.3) is 0 Å². The van der Waals surface area contributed by atoms with Gasteiger partial charge in [0, 0.05) is 38.3 Å². The van der Waals surface area contributed by atoms with Gasteiger partial charge >= 0.3 is 12.0 Å². The summed E-state index contributed by atoms with van der Waals surface area (Å²) in [6.45, 7) is 3.81. The van der Waals surface area contributed by atoms with Gasteiger partial charge in [0.1, 0.15) is 0 Å². The third-order valence-corrected chi connectivity index (χ3v) is 3.69. The summed E-state index contributed by atoms with van der Waals surface area (Å²) in [5.41, 5.74) is -0.0133. The van der Waals surface area contributed by atoms with Crippen LogP contribution in [0.5, 0.6) is 0 Å². The molecule has 3 N–H and O–H groups in total. The predicted octanol–water partition coefficient (Wildman–Crippen LogP) is -0.00640. The summed E-state index contributed by atoms with van der Waals surface area (Å²) >= 11 is 0. The standard InChI is InChI=1S/C13H20N4O4/c1-9(18)10-2-4-17(6-10)13(21)14-3-5-16-7-11(12(19)20)15-8-16/h7-10,18H,2-6H2,1H3,(H,14,21)(H,19,20). The molecule has 2 heterocycles. The minimum Gasteiger partial charge on any atom is -0.476 e. The van der Waals surface area contributed by atoms with Crippen LogP contribution in [0, 0.1) is 5.92 Å².